The summed E-state index contributed by atoms with van der Waals surface area (Å²) in [6.07, 6.45) is 6.46. The normalized spacial score (nSPS) is 12.3. The SMILES string of the molecule is CC(N)c1cccc(NC(=O)c2cnn3ccncc23)c1. The Morgan fingerprint density at radius 2 is 2.24 bits per heavy atom. The van der Waals surface area contributed by atoms with E-state index in [4.69, 9.17) is 5.73 Å². The molecule has 1 unspecified atom stereocenters. The van der Waals surface area contributed by atoms with Crippen LogP contribution in [0.25, 0.3) is 5.52 Å². The summed E-state index contributed by atoms with van der Waals surface area (Å²) in [7, 11) is 0. The maximum atomic E-state index is 12.3. The van der Waals surface area contributed by atoms with Crippen LogP contribution in [-0.4, -0.2) is 20.5 Å². The summed E-state index contributed by atoms with van der Waals surface area (Å²) in [5.41, 5.74) is 8.67. The van der Waals surface area contributed by atoms with Gasteiger partial charge in [-0.25, -0.2) is 4.52 Å². The van der Waals surface area contributed by atoms with Gasteiger partial charge < -0.3 is 11.1 Å². The molecule has 3 aromatic rings. The maximum absolute atomic E-state index is 12.3. The molecule has 0 radical (unpaired) electrons. The highest BCUT2D eigenvalue weighted by Gasteiger charge is 2.13. The molecule has 1 aromatic carbocycles. The quantitative estimate of drug-likeness (QED) is 0.769. The summed E-state index contributed by atoms with van der Waals surface area (Å²) >= 11 is 0. The van der Waals surface area contributed by atoms with Crippen molar-refractivity contribution in [1.29, 1.82) is 0 Å². The molecule has 106 valence electrons. The minimum absolute atomic E-state index is 0.0805. The molecule has 3 N–H and O–H groups in total. The van der Waals surface area contributed by atoms with Crippen molar-refractivity contribution >= 4 is 17.1 Å². The van der Waals surface area contributed by atoms with E-state index in [2.05, 4.69) is 15.4 Å². The fraction of sp³-hybridized carbons (Fsp3) is 0.133. The minimum Gasteiger partial charge on any atom is -0.324 e. The van der Waals surface area contributed by atoms with Crippen LogP contribution in [0.5, 0.6) is 0 Å². The summed E-state index contributed by atoms with van der Waals surface area (Å²) in [4.78, 5) is 16.4. The number of carbonyl (C=O) groups is 1. The molecule has 6 nitrogen and oxygen atoms in total. The second-order valence-electron chi connectivity index (χ2n) is 4.83. The molecule has 0 saturated heterocycles. The fourth-order valence-corrected chi connectivity index (χ4v) is 2.11. The number of amides is 1. The van der Waals surface area contributed by atoms with Crippen LogP contribution in [0.3, 0.4) is 0 Å². The Morgan fingerprint density at radius 3 is 3.05 bits per heavy atom. The minimum atomic E-state index is -0.222. The van der Waals surface area contributed by atoms with Crippen molar-refractivity contribution in [2.45, 2.75) is 13.0 Å². The number of carbonyl (C=O) groups excluding carboxylic acids is 1. The number of rotatable bonds is 3. The van der Waals surface area contributed by atoms with Gasteiger partial charge in [0.2, 0.25) is 0 Å². The van der Waals surface area contributed by atoms with Crippen LogP contribution < -0.4 is 11.1 Å². The Bertz CT molecular complexity index is 793. The zero-order chi connectivity index (χ0) is 14.8. The molecule has 0 saturated carbocycles. The van der Waals surface area contributed by atoms with Crippen LogP contribution in [0, 0.1) is 0 Å². The number of fused-ring (bicyclic) bond motifs is 1. The fourth-order valence-electron chi connectivity index (χ4n) is 2.11. The highest BCUT2D eigenvalue weighted by Crippen LogP contribution is 2.17. The molecule has 0 fully saturated rings. The van der Waals surface area contributed by atoms with E-state index in [0.717, 1.165) is 5.56 Å². The van der Waals surface area contributed by atoms with Crippen molar-refractivity contribution in [3.05, 3.63) is 60.2 Å². The molecule has 2 aromatic heterocycles. The zero-order valence-electron chi connectivity index (χ0n) is 11.5. The van der Waals surface area contributed by atoms with E-state index in [1.807, 2.05) is 31.2 Å². The van der Waals surface area contributed by atoms with Crippen LogP contribution in [0.15, 0.2) is 49.1 Å². The topological polar surface area (TPSA) is 85.3 Å². The molecule has 1 amide bonds. The largest absolute Gasteiger partial charge is 0.324 e. The number of hydrogen-bond donors (Lipinski definition) is 2. The summed E-state index contributed by atoms with van der Waals surface area (Å²) in [5.74, 6) is -0.222. The number of nitrogens with two attached hydrogens (primary N) is 1. The lowest BCUT2D eigenvalue weighted by atomic mass is 10.1. The standard InChI is InChI=1S/C15H15N5O/c1-10(16)11-3-2-4-12(7-11)19-15(21)13-8-18-20-6-5-17-9-14(13)20/h2-10H,16H2,1H3,(H,19,21). The highest BCUT2D eigenvalue weighted by molar-refractivity contribution is 6.08. The first kappa shape index (κ1) is 13.3. The van der Waals surface area contributed by atoms with Gasteiger partial charge in [-0.1, -0.05) is 12.1 Å². The van der Waals surface area contributed by atoms with Gasteiger partial charge in [-0.2, -0.15) is 5.10 Å². The maximum Gasteiger partial charge on any atom is 0.259 e. The molecule has 0 aliphatic carbocycles. The number of benzene rings is 1. The molecule has 0 spiro atoms. The van der Waals surface area contributed by atoms with Crippen molar-refractivity contribution < 1.29 is 4.79 Å². The summed E-state index contributed by atoms with van der Waals surface area (Å²) in [5, 5.41) is 6.98. The zero-order valence-corrected chi connectivity index (χ0v) is 11.5. The van der Waals surface area contributed by atoms with E-state index in [1.54, 1.807) is 23.1 Å². The number of anilines is 1. The second kappa shape index (κ2) is 5.34. The van der Waals surface area contributed by atoms with E-state index in [0.29, 0.717) is 16.8 Å². The molecule has 0 bridgehead atoms. The monoisotopic (exact) mass is 281 g/mol. The lowest BCUT2D eigenvalue weighted by Gasteiger charge is -2.09. The number of hydrogen-bond acceptors (Lipinski definition) is 4. The van der Waals surface area contributed by atoms with E-state index < -0.39 is 0 Å². The molecule has 0 aliphatic rings. The van der Waals surface area contributed by atoms with E-state index in [9.17, 15) is 4.79 Å². The summed E-state index contributed by atoms with van der Waals surface area (Å²) in [6.45, 7) is 1.90. The van der Waals surface area contributed by atoms with E-state index in [1.165, 1.54) is 6.20 Å². The lowest BCUT2D eigenvalue weighted by molar-refractivity contribution is 0.102. The smallest absolute Gasteiger partial charge is 0.259 e. The van der Waals surface area contributed by atoms with Gasteiger partial charge in [0.25, 0.3) is 5.91 Å². The van der Waals surface area contributed by atoms with Crippen LogP contribution in [0.4, 0.5) is 5.69 Å². The van der Waals surface area contributed by atoms with Gasteiger partial charge in [-0.15, -0.1) is 0 Å². The molecule has 21 heavy (non-hydrogen) atoms. The van der Waals surface area contributed by atoms with Crippen LogP contribution >= 0.6 is 0 Å². The van der Waals surface area contributed by atoms with Gasteiger partial charge in [-0.3, -0.25) is 9.78 Å². The van der Waals surface area contributed by atoms with Crippen LogP contribution in [0.1, 0.15) is 28.9 Å². The first-order valence-electron chi connectivity index (χ1n) is 6.59. The highest BCUT2D eigenvalue weighted by atomic mass is 16.1. The molecule has 1 atom stereocenters. The molecule has 2 heterocycles. The Hall–Kier alpha value is -2.73. The Kier molecular flexibility index (Phi) is 3.37. The third-order valence-corrected chi connectivity index (χ3v) is 3.24. The third-order valence-electron chi connectivity index (χ3n) is 3.24. The van der Waals surface area contributed by atoms with Gasteiger partial charge >= 0.3 is 0 Å². The number of nitrogens with zero attached hydrogens (tertiary/aromatic N) is 3. The van der Waals surface area contributed by atoms with Crippen LogP contribution in [-0.2, 0) is 0 Å². The Balaban J connectivity index is 1.88. The predicted molar refractivity (Wildman–Crippen MR) is 80.0 cm³/mol. The molecular formula is C15H15N5O. The number of aromatic nitrogens is 3. The van der Waals surface area contributed by atoms with E-state index in [-0.39, 0.29) is 11.9 Å². The second-order valence-corrected chi connectivity index (χ2v) is 4.83. The summed E-state index contributed by atoms with van der Waals surface area (Å²) < 4.78 is 1.61. The van der Waals surface area contributed by atoms with Gasteiger partial charge in [0.1, 0.15) is 0 Å². The number of nitrogens with one attached hydrogen (secondary N) is 1. The molecule has 3 rings (SSSR count). The van der Waals surface area contributed by atoms with Gasteiger partial charge in [0.05, 0.1) is 23.5 Å². The molecule has 0 aliphatic heterocycles. The van der Waals surface area contributed by atoms with Gasteiger partial charge in [0, 0.05) is 24.1 Å². The first-order chi connectivity index (χ1) is 10.1. The molecular weight excluding hydrogens is 266 g/mol. The van der Waals surface area contributed by atoms with Gasteiger partial charge in [-0.05, 0) is 24.6 Å². The first-order valence-corrected chi connectivity index (χ1v) is 6.59. The predicted octanol–water partition coefficient (Wildman–Crippen LogP) is 2.00. The van der Waals surface area contributed by atoms with Gasteiger partial charge in [0.15, 0.2) is 0 Å². The third kappa shape index (κ3) is 2.61. The average Bonchev–Trinajstić information content (AvgIpc) is 2.91. The van der Waals surface area contributed by atoms with Crippen molar-refractivity contribution in [3.63, 3.8) is 0 Å². The average molecular weight is 281 g/mol. The Morgan fingerprint density at radius 1 is 1.38 bits per heavy atom. The van der Waals surface area contributed by atoms with E-state index >= 15 is 0 Å². The molecule has 6 heteroatoms. The van der Waals surface area contributed by atoms with Crippen molar-refractivity contribution in [2.24, 2.45) is 5.73 Å². The van der Waals surface area contributed by atoms with Crippen molar-refractivity contribution in [3.8, 4) is 0 Å². The lowest BCUT2D eigenvalue weighted by Crippen LogP contribution is -2.12. The van der Waals surface area contributed by atoms with Crippen molar-refractivity contribution in [1.82, 2.24) is 14.6 Å². The van der Waals surface area contributed by atoms with Crippen LogP contribution in [0.2, 0.25) is 0 Å². The Labute approximate surface area is 121 Å². The summed E-state index contributed by atoms with van der Waals surface area (Å²) in [6, 6.07) is 7.41. The van der Waals surface area contributed by atoms with Crippen molar-refractivity contribution in [2.75, 3.05) is 5.32 Å².